The molecule has 0 bridgehead atoms. The first-order valence-corrected chi connectivity index (χ1v) is 11.1. The van der Waals surface area contributed by atoms with Crippen LogP contribution in [0.5, 0.6) is 0 Å². The van der Waals surface area contributed by atoms with E-state index in [2.05, 4.69) is 25.4 Å². The number of hydrogen-bond donors (Lipinski definition) is 1. The van der Waals surface area contributed by atoms with Crippen molar-refractivity contribution in [2.45, 2.75) is 32.9 Å². The van der Waals surface area contributed by atoms with Gasteiger partial charge in [-0.3, -0.25) is 9.48 Å². The lowest BCUT2D eigenvalue weighted by molar-refractivity contribution is 0.0380. The van der Waals surface area contributed by atoms with Crippen LogP contribution in [0.2, 0.25) is 0 Å². The Morgan fingerprint density at radius 1 is 1.28 bits per heavy atom. The summed E-state index contributed by atoms with van der Waals surface area (Å²) in [7, 11) is 1.51. The fraction of sp³-hybridized carbons (Fsp3) is 0.320. The number of aromatic nitrogens is 6. The van der Waals surface area contributed by atoms with Crippen molar-refractivity contribution in [3.05, 3.63) is 71.2 Å². The zero-order valence-electron chi connectivity index (χ0n) is 25.6. The minimum atomic E-state index is -2.62. The maximum atomic E-state index is 14.2. The van der Waals surface area contributed by atoms with Gasteiger partial charge in [0.2, 0.25) is 5.95 Å². The van der Waals surface area contributed by atoms with Crippen LogP contribution in [0, 0.1) is 19.6 Å². The van der Waals surface area contributed by atoms with Crippen LogP contribution in [-0.2, 0) is 24.8 Å². The van der Waals surface area contributed by atoms with Gasteiger partial charge in [0, 0.05) is 53.9 Å². The Morgan fingerprint density at radius 2 is 2.17 bits per heavy atom. The van der Waals surface area contributed by atoms with E-state index < -0.39 is 25.8 Å². The number of nitrogens with one attached hydrogen (secondary N) is 1. The van der Waals surface area contributed by atoms with Crippen LogP contribution in [0.15, 0.2) is 42.9 Å². The highest BCUT2D eigenvalue weighted by atomic mass is 19.1. The summed E-state index contributed by atoms with van der Waals surface area (Å²) in [5.74, 6) is -0.805. The van der Waals surface area contributed by atoms with E-state index in [1.54, 1.807) is 28.5 Å². The van der Waals surface area contributed by atoms with E-state index in [1.165, 1.54) is 31.6 Å². The van der Waals surface area contributed by atoms with Gasteiger partial charge in [-0.05, 0) is 36.5 Å². The molecule has 0 radical (unpaired) electrons. The Kier molecular flexibility index (Phi) is 4.57. The summed E-state index contributed by atoms with van der Waals surface area (Å²) < 4.78 is 68.9. The van der Waals surface area contributed by atoms with Crippen LogP contribution >= 0.6 is 0 Å². The molecule has 11 heteroatoms. The smallest absolute Gasteiger partial charge is 0.290 e. The first-order chi connectivity index (χ1) is 19.8. The number of nitrogens with zero attached hydrogens (tertiary/aromatic N) is 7. The molecule has 0 aliphatic carbocycles. The van der Waals surface area contributed by atoms with E-state index in [-0.39, 0.29) is 60.1 Å². The molecule has 1 aromatic carbocycles. The number of imidazole rings is 1. The highest BCUT2D eigenvalue weighted by Crippen LogP contribution is 2.27. The van der Waals surface area contributed by atoms with Crippen LogP contribution in [-0.4, -0.2) is 59.9 Å². The van der Waals surface area contributed by atoms with Crippen LogP contribution in [0.4, 0.5) is 16.2 Å². The molecule has 0 spiro atoms. The number of benzene rings is 1. The number of carbonyl (C=O) groups is 1. The molecule has 4 aromatic rings. The van der Waals surface area contributed by atoms with E-state index in [9.17, 15) is 9.18 Å². The summed E-state index contributed by atoms with van der Waals surface area (Å²) in [6.07, 6.45) is 3.93. The Bertz CT molecular complexity index is 1630. The number of rotatable bonds is 7. The molecule has 1 N–H and O–H groups in total. The zero-order chi connectivity index (χ0) is 30.4. The Hall–Kier alpha value is -4.12. The molecule has 186 valence electrons. The van der Waals surface area contributed by atoms with Crippen molar-refractivity contribution in [2.75, 3.05) is 19.0 Å². The number of methoxy groups -OCH3 is 1. The maximum Gasteiger partial charge on any atom is 0.290 e. The Labute approximate surface area is 216 Å². The van der Waals surface area contributed by atoms with E-state index in [0.29, 0.717) is 11.1 Å². The summed E-state index contributed by atoms with van der Waals surface area (Å²) in [6, 6.07) is 5.77. The molecule has 1 atom stereocenters. The fourth-order valence-corrected chi connectivity index (χ4v) is 4.08. The number of aryl methyl sites for hydroxylation is 3. The van der Waals surface area contributed by atoms with E-state index in [0.717, 1.165) is 10.9 Å². The van der Waals surface area contributed by atoms with Gasteiger partial charge in [0.25, 0.3) is 5.91 Å². The highest BCUT2D eigenvalue weighted by Gasteiger charge is 2.35. The summed E-state index contributed by atoms with van der Waals surface area (Å²) in [4.78, 5) is 28.1. The van der Waals surface area contributed by atoms with Crippen molar-refractivity contribution in [3.8, 4) is 11.4 Å². The third-order valence-electron chi connectivity index (χ3n) is 5.94. The molecule has 0 unspecified atom stereocenters. The van der Waals surface area contributed by atoms with Crippen molar-refractivity contribution >= 4 is 17.7 Å². The molecule has 0 saturated heterocycles. The van der Waals surface area contributed by atoms with Gasteiger partial charge in [-0.1, -0.05) is 12.1 Å². The lowest BCUT2D eigenvalue weighted by atomic mass is 10.1. The molecule has 1 amide bonds. The van der Waals surface area contributed by atoms with Crippen LogP contribution < -0.4 is 5.32 Å². The van der Waals surface area contributed by atoms with Gasteiger partial charge in [-0.25, -0.2) is 19.3 Å². The summed E-state index contributed by atoms with van der Waals surface area (Å²) in [5, 5.41) is 6.56. The summed E-state index contributed by atoms with van der Waals surface area (Å²) >= 11 is 0. The molecule has 5 rings (SSSR count). The highest BCUT2D eigenvalue weighted by molar-refractivity contribution is 5.92. The second-order valence-electron chi connectivity index (χ2n) is 8.44. The Balaban J connectivity index is 1.52. The summed E-state index contributed by atoms with van der Waals surface area (Å²) in [6.45, 7) is -2.94. The second kappa shape index (κ2) is 9.50. The number of carbonyl (C=O) groups excluding carboxylic acids is 1. The average molecular weight is 497 g/mol. The van der Waals surface area contributed by atoms with Crippen molar-refractivity contribution in [1.29, 1.82) is 0 Å². The number of ether oxygens (including phenoxy) is 1. The molecule has 36 heavy (non-hydrogen) atoms. The maximum absolute atomic E-state index is 14.2. The minimum Gasteiger partial charge on any atom is -0.382 e. The van der Waals surface area contributed by atoms with E-state index >= 15 is 0 Å². The molecule has 0 saturated carbocycles. The molecular formula is C25H27FN8O2. The van der Waals surface area contributed by atoms with Crippen molar-refractivity contribution < 1.29 is 22.1 Å². The number of hydrogen-bond acceptors (Lipinski definition) is 7. The van der Waals surface area contributed by atoms with Gasteiger partial charge < -0.3 is 19.5 Å². The molecule has 1 aliphatic rings. The van der Waals surface area contributed by atoms with Crippen molar-refractivity contribution in [3.63, 3.8) is 0 Å². The number of amides is 1. The molecular weight excluding hydrogens is 463 g/mol. The zero-order valence-corrected chi connectivity index (χ0v) is 19.6. The van der Waals surface area contributed by atoms with Gasteiger partial charge in [-0.2, -0.15) is 5.10 Å². The molecule has 1 aliphatic heterocycles. The van der Waals surface area contributed by atoms with E-state index in [4.69, 9.17) is 13.0 Å². The Morgan fingerprint density at radius 3 is 2.94 bits per heavy atom. The predicted octanol–water partition coefficient (Wildman–Crippen LogP) is 3.24. The molecule has 3 aromatic heterocycles. The van der Waals surface area contributed by atoms with Crippen LogP contribution in [0.1, 0.15) is 35.5 Å². The quantitative estimate of drug-likeness (QED) is 0.419. The number of fused-ring (bicyclic) bond motifs is 1. The SMILES string of the molecule is [2H]C([2H])([2H])c1cnc(Nc2ccnn2C([2H])([2H])[2H])nc1-c1cn2c(n1)C(=O)N(Cc1ccc(C)c(F)c1)[C@@H](COC)C2. The molecule has 4 heterocycles. The van der Waals surface area contributed by atoms with Crippen LogP contribution in [0.3, 0.4) is 0 Å². The molecule has 0 fully saturated rings. The first-order valence-electron chi connectivity index (χ1n) is 14.1. The third-order valence-corrected chi connectivity index (χ3v) is 5.94. The van der Waals surface area contributed by atoms with Gasteiger partial charge in [0.05, 0.1) is 24.5 Å². The minimum absolute atomic E-state index is 0.0510. The fourth-order valence-electron chi connectivity index (χ4n) is 4.08. The monoisotopic (exact) mass is 496 g/mol. The average Bonchev–Trinajstić information content (AvgIpc) is 3.55. The lowest BCUT2D eigenvalue weighted by Gasteiger charge is -2.35. The van der Waals surface area contributed by atoms with Gasteiger partial charge in [0.15, 0.2) is 5.82 Å². The standard InChI is InChI=1S/C25H27FN8O2/c1-15-5-6-17(9-19(15)26)11-34-18(14-36-4)12-33-13-20(29-23(33)24(34)35)22-16(2)10-27-25(31-22)30-21-7-8-28-32(21)3/h5-10,13,18H,11-12,14H2,1-4H3,(H,27,30,31)/t18-/m1/s1/i2D3,3D3. The number of halogens is 1. The number of anilines is 2. The second-order valence-corrected chi connectivity index (χ2v) is 8.44. The summed E-state index contributed by atoms with van der Waals surface area (Å²) in [5.41, 5.74) is 0.932. The largest absolute Gasteiger partial charge is 0.382 e. The van der Waals surface area contributed by atoms with E-state index in [1.807, 2.05) is 0 Å². The van der Waals surface area contributed by atoms with Gasteiger partial charge in [0.1, 0.15) is 17.3 Å². The van der Waals surface area contributed by atoms with Gasteiger partial charge >= 0.3 is 0 Å². The third kappa shape index (κ3) is 4.44. The molecule has 10 nitrogen and oxygen atoms in total. The van der Waals surface area contributed by atoms with Gasteiger partial charge in [-0.15, -0.1) is 0 Å². The predicted molar refractivity (Wildman–Crippen MR) is 131 cm³/mol. The van der Waals surface area contributed by atoms with Crippen molar-refractivity contribution in [1.82, 2.24) is 34.2 Å². The van der Waals surface area contributed by atoms with Crippen molar-refractivity contribution in [2.24, 2.45) is 6.98 Å². The first kappa shape index (κ1) is 17.3. The topological polar surface area (TPSA) is 103 Å². The van der Waals surface area contributed by atoms with Crippen LogP contribution in [0.25, 0.3) is 11.4 Å². The lowest BCUT2D eigenvalue weighted by Crippen LogP contribution is -2.49. The normalized spacial score (nSPS) is 18.5.